The number of hydrogen-bond acceptors (Lipinski definition) is 3. The Morgan fingerprint density at radius 3 is 2.29 bits per heavy atom. The lowest BCUT2D eigenvalue weighted by Crippen LogP contribution is -1.91. The van der Waals surface area contributed by atoms with E-state index in [1.54, 1.807) is 0 Å². The summed E-state index contributed by atoms with van der Waals surface area (Å²) in [6.45, 7) is 4.47. The third-order valence-electron chi connectivity index (χ3n) is 1.58. The average Bonchev–Trinajstić information content (AvgIpc) is 2.30. The van der Waals surface area contributed by atoms with Crippen LogP contribution in [-0.2, 0) is 11.3 Å². The minimum atomic E-state index is 0.466. The van der Waals surface area contributed by atoms with Crippen LogP contribution in [-0.4, -0.2) is 13.4 Å². The summed E-state index contributed by atoms with van der Waals surface area (Å²) in [5.74, 6) is 0. The van der Waals surface area contributed by atoms with Crippen LogP contribution in [0, 0.1) is 5.41 Å². The molecule has 0 bridgehead atoms. The highest BCUT2D eigenvalue weighted by Gasteiger charge is 1.91. The van der Waals surface area contributed by atoms with Gasteiger partial charge in [0.05, 0.1) is 0 Å². The van der Waals surface area contributed by atoms with Gasteiger partial charge in [-0.2, -0.15) is 0 Å². The van der Waals surface area contributed by atoms with Gasteiger partial charge in [-0.3, -0.25) is 5.41 Å². The van der Waals surface area contributed by atoms with E-state index in [0.717, 1.165) is 17.7 Å². The number of anilines is 1. The maximum Gasteiger partial charge on any atom is 0.167 e. The molecule has 1 rings (SSSR count). The Morgan fingerprint density at radius 2 is 1.86 bits per heavy atom. The molecule has 0 aliphatic heterocycles. The number of ether oxygens (including phenoxy) is 1. The molecule has 3 nitrogen and oxygen atoms in total. The summed E-state index contributed by atoms with van der Waals surface area (Å²) >= 11 is 0. The summed E-state index contributed by atoms with van der Waals surface area (Å²) in [6, 6.07) is 7.88. The molecule has 0 aliphatic rings. The minimum absolute atomic E-state index is 0.466. The van der Waals surface area contributed by atoms with Crippen LogP contribution < -0.4 is 5.32 Å². The van der Waals surface area contributed by atoms with Crippen LogP contribution in [0.15, 0.2) is 24.3 Å². The highest BCUT2D eigenvalue weighted by atomic mass is 16.5. The topological polar surface area (TPSA) is 45.1 Å². The summed E-state index contributed by atoms with van der Waals surface area (Å²) < 4.78 is 4.81. The molecule has 0 fully saturated rings. The van der Waals surface area contributed by atoms with E-state index in [-0.39, 0.29) is 0 Å². The van der Waals surface area contributed by atoms with Crippen molar-refractivity contribution in [1.82, 2.24) is 0 Å². The van der Waals surface area contributed by atoms with Crippen LogP contribution in [0.5, 0.6) is 0 Å². The number of nitrogens with one attached hydrogen (secondary N) is 2. The molecule has 2 N–H and O–H groups in total. The molecule has 0 atom stereocenters. The molecule has 0 heterocycles. The fourth-order valence-electron chi connectivity index (χ4n) is 0.906. The van der Waals surface area contributed by atoms with Crippen molar-refractivity contribution in [3.8, 4) is 0 Å². The van der Waals surface area contributed by atoms with Crippen molar-refractivity contribution in [2.45, 2.75) is 20.5 Å². The molecule has 0 saturated carbocycles. The summed E-state index contributed by atoms with van der Waals surface area (Å²) in [7, 11) is 1.88. The van der Waals surface area contributed by atoms with Gasteiger partial charge < -0.3 is 10.1 Å². The quantitative estimate of drug-likeness (QED) is 0.572. The van der Waals surface area contributed by atoms with Crippen molar-refractivity contribution < 1.29 is 4.74 Å². The van der Waals surface area contributed by atoms with E-state index in [1.807, 2.05) is 45.2 Å². The third kappa shape index (κ3) is 4.50. The van der Waals surface area contributed by atoms with Gasteiger partial charge in [0, 0.05) is 12.7 Å². The Morgan fingerprint density at radius 1 is 1.29 bits per heavy atom. The molecule has 1 aromatic rings. The average molecular weight is 194 g/mol. The molecule has 1 aromatic carbocycles. The molecule has 0 spiro atoms. The molecule has 0 radical (unpaired) electrons. The van der Waals surface area contributed by atoms with E-state index in [1.165, 1.54) is 0 Å². The van der Waals surface area contributed by atoms with Crippen molar-refractivity contribution in [2.24, 2.45) is 0 Å². The molecule has 3 heteroatoms. The van der Waals surface area contributed by atoms with Gasteiger partial charge in [-0.05, 0) is 17.7 Å². The Labute approximate surface area is 85.6 Å². The van der Waals surface area contributed by atoms with Gasteiger partial charge in [0.2, 0.25) is 0 Å². The lowest BCUT2D eigenvalue weighted by atomic mass is 10.2. The zero-order valence-corrected chi connectivity index (χ0v) is 9.00. The maximum atomic E-state index is 6.67. The van der Waals surface area contributed by atoms with Gasteiger partial charge in [0.1, 0.15) is 6.61 Å². The lowest BCUT2D eigenvalue weighted by molar-refractivity contribution is 0.305. The largest absolute Gasteiger partial charge is 0.479 e. The molecule has 0 aromatic heterocycles. The van der Waals surface area contributed by atoms with Gasteiger partial charge in [0.15, 0.2) is 6.40 Å². The number of hydrogen-bond donors (Lipinski definition) is 2. The van der Waals surface area contributed by atoms with Crippen molar-refractivity contribution >= 4 is 12.1 Å². The predicted molar refractivity (Wildman–Crippen MR) is 60.9 cm³/mol. The Bertz CT molecular complexity index is 244. The Hall–Kier alpha value is -1.51. The molecular weight excluding hydrogens is 176 g/mol. The molecule has 0 amide bonds. The van der Waals surface area contributed by atoms with Gasteiger partial charge in [0.25, 0.3) is 0 Å². The van der Waals surface area contributed by atoms with Crippen LogP contribution in [0.2, 0.25) is 0 Å². The first-order chi connectivity index (χ1) is 6.86. The van der Waals surface area contributed by atoms with E-state index >= 15 is 0 Å². The second-order valence-corrected chi connectivity index (χ2v) is 2.38. The smallest absolute Gasteiger partial charge is 0.167 e. The van der Waals surface area contributed by atoms with E-state index in [0.29, 0.717) is 6.61 Å². The van der Waals surface area contributed by atoms with Gasteiger partial charge in [-0.15, -0.1) is 0 Å². The maximum absolute atomic E-state index is 6.67. The molecule has 0 saturated heterocycles. The molecule has 14 heavy (non-hydrogen) atoms. The fourth-order valence-corrected chi connectivity index (χ4v) is 0.906. The monoisotopic (exact) mass is 194 g/mol. The van der Waals surface area contributed by atoms with Crippen molar-refractivity contribution in [2.75, 3.05) is 12.4 Å². The number of benzene rings is 1. The molecule has 78 valence electrons. The normalized spacial score (nSPS) is 8.21. The van der Waals surface area contributed by atoms with Crippen molar-refractivity contribution in [1.29, 1.82) is 5.41 Å². The summed E-state index contributed by atoms with van der Waals surface area (Å²) in [5, 5.41) is 9.70. The van der Waals surface area contributed by atoms with E-state index < -0.39 is 0 Å². The van der Waals surface area contributed by atoms with E-state index in [4.69, 9.17) is 10.1 Å². The van der Waals surface area contributed by atoms with Crippen LogP contribution in [0.1, 0.15) is 19.4 Å². The summed E-state index contributed by atoms with van der Waals surface area (Å²) in [5.41, 5.74) is 2.14. The van der Waals surface area contributed by atoms with E-state index in [2.05, 4.69) is 5.32 Å². The first-order valence-electron chi connectivity index (χ1n) is 4.74. The number of rotatable bonds is 4. The summed E-state index contributed by atoms with van der Waals surface area (Å²) in [6.07, 6.45) is 0.950. The van der Waals surface area contributed by atoms with E-state index in [9.17, 15) is 0 Å². The highest BCUT2D eigenvalue weighted by Crippen LogP contribution is 2.08. The first-order valence-corrected chi connectivity index (χ1v) is 4.74. The van der Waals surface area contributed by atoms with Crippen LogP contribution in [0.25, 0.3) is 0 Å². The van der Waals surface area contributed by atoms with Crippen LogP contribution in [0.3, 0.4) is 0 Å². The van der Waals surface area contributed by atoms with Crippen molar-refractivity contribution in [3.05, 3.63) is 29.8 Å². The molecule has 0 unspecified atom stereocenters. The summed E-state index contributed by atoms with van der Waals surface area (Å²) in [4.78, 5) is 0. The van der Waals surface area contributed by atoms with Crippen LogP contribution in [0.4, 0.5) is 5.69 Å². The zero-order valence-electron chi connectivity index (χ0n) is 9.00. The van der Waals surface area contributed by atoms with Crippen LogP contribution >= 0.6 is 0 Å². The van der Waals surface area contributed by atoms with Crippen molar-refractivity contribution in [3.63, 3.8) is 0 Å². The third-order valence-corrected chi connectivity index (χ3v) is 1.58. The first kappa shape index (κ1) is 12.5. The molecular formula is C11H18N2O. The van der Waals surface area contributed by atoms with Gasteiger partial charge >= 0.3 is 0 Å². The molecule has 0 aliphatic carbocycles. The zero-order chi connectivity index (χ0) is 10.8. The highest BCUT2D eigenvalue weighted by molar-refractivity contribution is 5.44. The Balaban J connectivity index is 0.000000791. The standard InChI is InChI=1S/C9H12N2O.C2H6/c1-11-9-4-2-8(3-5-9)6-12-7-10;1-2/h2-5,7,10-11H,6H2,1H3;1-2H3. The Kier molecular flexibility index (Phi) is 7.23. The minimum Gasteiger partial charge on any atom is -0.479 e. The second-order valence-electron chi connectivity index (χ2n) is 2.38. The predicted octanol–water partition coefficient (Wildman–Crippen LogP) is 2.88. The fraction of sp³-hybridized carbons (Fsp3) is 0.364. The lowest BCUT2D eigenvalue weighted by Gasteiger charge is -2.02. The van der Waals surface area contributed by atoms with Gasteiger partial charge in [-0.1, -0.05) is 26.0 Å². The SMILES string of the molecule is CC.CNc1ccc(COC=N)cc1. The second kappa shape index (κ2) is 8.10. The van der Waals surface area contributed by atoms with Gasteiger partial charge in [-0.25, -0.2) is 0 Å².